The fourth-order valence-electron chi connectivity index (χ4n) is 6.82. The van der Waals surface area contributed by atoms with Gasteiger partial charge in [0.15, 0.2) is 5.82 Å². The summed E-state index contributed by atoms with van der Waals surface area (Å²) in [7, 11) is 0. The van der Waals surface area contributed by atoms with Crippen molar-refractivity contribution in [2.75, 3.05) is 38.1 Å². The maximum absolute atomic E-state index is 16.4. The number of carbonyl (C=O) groups excluding carboxylic acids is 1. The Balaban J connectivity index is 1.30. The van der Waals surface area contributed by atoms with Crippen LogP contribution < -0.4 is 15.4 Å². The summed E-state index contributed by atoms with van der Waals surface area (Å²) in [5.41, 5.74) is 0.0590. The first kappa shape index (κ1) is 26.0. The van der Waals surface area contributed by atoms with E-state index in [1.54, 1.807) is 30.3 Å². The summed E-state index contributed by atoms with van der Waals surface area (Å²) in [6, 6.07) is 10.1. The molecule has 1 atom stereocenters. The van der Waals surface area contributed by atoms with Crippen molar-refractivity contribution in [1.29, 1.82) is 0 Å². The topological polar surface area (TPSA) is 92.3 Å². The Morgan fingerprint density at radius 1 is 1.10 bits per heavy atom. The molecular formula is C31H32F2N6O2. The van der Waals surface area contributed by atoms with Crippen LogP contribution in [0.5, 0.6) is 6.01 Å². The summed E-state index contributed by atoms with van der Waals surface area (Å²) >= 11 is 0. The number of carbonyl (C=O) groups is 1. The van der Waals surface area contributed by atoms with Crippen LogP contribution in [0.15, 0.2) is 42.6 Å². The number of pyridine rings is 1. The Bertz CT molecular complexity index is 1660. The third-order valence-corrected chi connectivity index (χ3v) is 9.04. The van der Waals surface area contributed by atoms with Gasteiger partial charge < -0.3 is 15.4 Å². The van der Waals surface area contributed by atoms with Crippen LogP contribution in [0.1, 0.15) is 39.0 Å². The van der Waals surface area contributed by atoms with Gasteiger partial charge in [0.2, 0.25) is 5.91 Å². The maximum Gasteiger partial charge on any atom is 0.319 e. The highest BCUT2D eigenvalue weighted by Crippen LogP contribution is 2.40. The van der Waals surface area contributed by atoms with Crippen molar-refractivity contribution in [3.63, 3.8) is 0 Å². The first-order valence-corrected chi connectivity index (χ1v) is 14.3. The number of nitrogens with one attached hydrogen (secondary N) is 2. The minimum absolute atomic E-state index is 0.00229. The smallest absolute Gasteiger partial charge is 0.319 e. The minimum atomic E-state index is -0.668. The third-order valence-electron chi connectivity index (χ3n) is 9.04. The lowest BCUT2D eigenvalue weighted by molar-refractivity contribution is -0.119. The molecule has 0 spiro atoms. The van der Waals surface area contributed by atoms with Gasteiger partial charge in [0.05, 0.1) is 10.9 Å². The molecule has 0 saturated carbocycles. The number of rotatable bonds is 7. The molecule has 3 aliphatic heterocycles. The fraction of sp³-hybridized carbons (Fsp3) is 0.419. The number of fused-ring (bicyclic) bond motifs is 3. The molecule has 4 aromatic rings. The lowest BCUT2D eigenvalue weighted by atomic mass is 9.89. The highest BCUT2D eigenvalue weighted by molar-refractivity contribution is 5.99. The van der Waals surface area contributed by atoms with Crippen molar-refractivity contribution >= 4 is 33.4 Å². The lowest BCUT2D eigenvalue weighted by Gasteiger charge is -2.31. The maximum atomic E-state index is 16.4. The zero-order chi connectivity index (χ0) is 28.2. The van der Waals surface area contributed by atoms with Crippen molar-refractivity contribution in [1.82, 2.24) is 25.2 Å². The average Bonchev–Trinajstić information content (AvgIpc) is 3.65. The molecular weight excluding hydrogens is 526 g/mol. The summed E-state index contributed by atoms with van der Waals surface area (Å²) in [6.45, 7) is 5.54. The van der Waals surface area contributed by atoms with E-state index in [4.69, 9.17) is 4.74 Å². The number of halogens is 2. The van der Waals surface area contributed by atoms with Crippen LogP contribution in [0.4, 0.5) is 14.6 Å². The third kappa shape index (κ3) is 4.54. The zero-order valence-electron chi connectivity index (χ0n) is 23.0. The average molecular weight is 559 g/mol. The largest absolute Gasteiger partial charge is 0.461 e. The second-order valence-electron chi connectivity index (χ2n) is 12.0. The molecule has 8 nitrogen and oxygen atoms in total. The Morgan fingerprint density at radius 3 is 2.63 bits per heavy atom. The van der Waals surface area contributed by atoms with Crippen molar-refractivity contribution in [2.45, 2.75) is 44.6 Å². The Kier molecular flexibility index (Phi) is 6.26. The van der Waals surface area contributed by atoms with Crippen LogP contribution in [-0.4, -0.2) is 64.1 Å². The van der Waals surface area contributed by atoms with Gasteiger partial charge in [-0.1, -0.05) is 37.3 Å². The first-order chi connectivity index (χ1) is 19.8. The van der Waals surface area contributed by atoms with Crippen LogP contribution in [0.25, 0.3) is 32.9 Å². The van der Waals surface area contributed by atoms with Gasteiger partial charge in [-0.25, -0.2) is 8.78 Å². The highest BCUT2D eigenvalue weighted by atomic mass is 19.1. The molecule has 3 fully saturated rings. The van der Waals surface area contributed by atoms with Crippen molar-refractivity contribution in [3.8, 4) is 17.3 Å². The summed E-state index contributed by atoms with van der Waals surface area (Å²) in [5.74, 6) is -0.723. The quantitative estimate of drug-likeness (QED) is 0.327. The van der Waals surface area contributed by atoms with Gasteiger partial charge in [0.25, 0.3) is 0 Å². The molecule has 41 heavy (non-hydrogen) atoms. The normalized spacial score (nSPS) is 21.9. The van der Waals surface area contributed by atoms with Crippen molar-refractivity contribution in [2.24, 2.45) is 5.41 Å². The molecule has 2 aromatic heterocycles. The van der Waals surface area contributed by atoms with Gasteiger partial charge in [0.1, 0.15) is 29.5 Å². The fourth-order valence-corrected chi connectivity index (χ4v) is 6.82. The molecule has 5 heterocycles. The van der Waals surface area contributed by atoms with Gasteiger partial charge >= 0.3 is 6.01 Å². The predicted molar refractivity (Wildman–Crippen MR) is 153 cm³/mol. The number of hydrogen-bond donors (Lipinski definition) is 2. The number of aromatic nitrogens is 3. The van der Waals surface area contributed by atoms with Gasteiger partial charge in [-0.3, -0.25) is 14.7 Å². The zero-order valence-corrected chi connectivity index (χ0v) is 23.0. The summed E-state index contributed by atoms with van der Waals surface area (Å²) in [6.07, 6.45) is 6.28. The van der Waals surface area contributed by atoms with E-state index in [0.717, 1.165) is 38.8 Å². The molecule has 3 aliphatic rings. The van der Waals surface area contributed by atoms with Crippen molar-refractivity contribution < 1.29 is 18.3 Å². The van der Waals surface area contributed by atoms with Crippen LogP contribution in [0.2, 0.25) is 0 Å². The van der Waals surface area contributed by atoms with Crippen LogP contribution >= 0.6 is 0 Å². The van der Waals surface area contributed by atoms with Gasteiger partial charge in [-0.15, -0.1) is 0 Å². The molecule has 0 radical (unpaired) electrons. The Hall–Kier alpha value is -3.92. The van der Waals surface area contributed by atoms with Gasteiger partial charge in [-0.2, -0.15) is 9.97 Å². The number of nitrogens with zero attached hydrogens (tertiary/aromatic N) is 4. The molecule has 0 bridgehead atoms. The van der Waals surface area contributed by atoms with Crippen molar-refractivity contribution in [3.05, 3.63) is 54.2 Å². The van der Waals surface area contributed by atoms with E-state index in [9.17, 15) is 9.18 Å². The summed E-state index contributed by atoms with van der Waals surface area (Å²) in [5, 5.41) is 7.55. The molecule has 2 aromatic carbocycles. The van der Waals surface area contributed by atoms with E-state index in [1.165, 1.54) is 12.3 Å². The molecule has 2 N–H and O–H groups in total. The first-order valence-electron chi connectivity index (χ1n) is 14.3. The number of ether oxygens (including phenoxy) is 1. The summed E-state index contributed by atoms with van der Waals surface area (Å²) < 4.78 is 37.5. The van der Waals surface area contributed by atoms with E-state index < -0.39 is 11.6 Å². The lowest BCUT2D eigenvalue weighted by Crippen LogP contribution is -2.43. The van der Waals surface area contributed by atoms with Crippen LogP contribution in [0.3, 0.4) is 0 Å². The van der Waals surface area contributed by atoms with E-state index in [2.05, 4.69) is 30.5 Å². The van der Waals surface area contributed by atoms with Gasteiger partial charge in [-0.05, 0) is 50.2 Å². The number of anilines is 1. The molecule has 3 saturated heterocycles. The molecule has 1 amide bonds. The minimum Gasteiger partial charge on any atom is -0.461 e. The predicted octanol–water partition coefficient (Wildman–Crippen LogP) is 5.07. The van der Waals surface area contributed by atoms with E-state index in [-0.39, 0.29) is 34.1 Å². The number of benzene rings is 2. The molecule has 0 aliphatic carbocycles. The van der Waals surface area contributed by atoms with E-state index in [0.29, 0.717) is 53.7 Å². The molecule has 1 unspecified atom stereocenters. The molecule has 10 heteroatoms. The number of hydrogen-bond acceptors (Lipinski definition) is 7. The molecule has 7 rings (SSSR count). The highest BCUT2D eigenvalue weighted by Gasteiger charge is 2.45. The standard InChI is InChI=1S/C31H32F2N6O2/c1-30(14-23(40)35-16-30)17-36-28-21-15-34-26(20-8-2-6-19-7-3-9-22(32)24(19)20)25(33)27(21)37-29(38-28)41-18-31-10-4-12-39(31)13-5-11-31/h2-3,6-9,15H,4-5,10-14,16-18H2,1H3,(H,35,40)(H,36,37,38). The monoisotopic (exact) mass is 558 g/mol. The van der Waals surface area contributed by atoms with E-state index >= 15 is 4.39 Å². The van der Waals surface area contributed by atoms with Crippen LogP contribution in [0, 0.1) is 17.0 Å². The second kappa shape index (κ2) is 9.87. The Labute approximate surface area is 236 Å². The van der Waals surface area contributed by atoms with E-state index in [1.807, 2.05) is 6.92 Å². The summed E-state index contributed by atoms with van der Waals surface area (Å²) in [4.78, 5) is 28.0. The van der Waals surface area contributed by atoms with Gasteiger partial charge in [0, 0.05) is 42.1 Å². The Morgan fingerprint density at radius 2 is 1.88 bits per heavy atom. The second-order valence-corrected chi connectivity index (χ2v) is 12.0. The number of amides is 1. The SMILES string of the molecule is CC1(CNc2nc(OCC34CCCN3CCC4)nc3c(F)c(-c4cccc5cccc(F)c45)ncc23)CNC(=O)C1. The molecule has 212 valence electrons. The van der Waals surface area contributed by atoms with Crippen LogP contribution in [-0.2, 0) is 4.79 Å².